The van der Waals surface area contributed by atoms with E-state index in [1.807, 2.05) is 7.05 Å². The highest BCUT2D eigenvalue weighted by Gasteiger charge is 1.98. The van der Waals surface area contributed by atoms with E-state index < -0.39 is 0 Å². The number of hydrogen-bond acceptors (Lipinski definition) is 1. The molecule has 1 nitrogen and oxygen atoms in total. The van der Waals surface area contributed by atoms with Gasteiger partial charge in [0.15, 0.2) is 0 Å². The Labute approximate surface area is 58.2 Å². The molecular weight excluding hydrogens is 110 g/mol. The standard InChI is InChI=1S/C8H17N/c1-7(2)5-8(3)6-9-4/h8-9H,1,5-6H2,2-4H3. The molecule has 0 aromatic heterocycles. The molecule has 0 aliphatic carbocycles. The van der Waals surface area contributed by atoms with E-state index in [9.17, 15) is 0 Å². The minimum absolute atomic E-state index is 0.729. The molecule has 1 heteroatoms. The molecule has 0 aliphatic heterocycles. The van der Waals surface area contributed by atoms with E-state index in [0.29, 0.717) is 0 Å². The molecule has 0 saturated heterocycles. The lowest BCUT2D eigenvalue weighted by molar-refractivity contribution is 0.540. The van der Waals surface area contributed by atoms with Crippen LogP contribution in [-0.2, 0) is 0 Å². The van der Waals surface area contributed by atoms with Crippen LogP contribution in [0.4, 0.5) is 0 Å². The molecular formula is C8H17N. The van der Waals surface area contributed by atoms with Gasteiger partial charge < -0.3 is 5.32 Å². The van der Waals surface area contributed by atoms with Crippen LogP contribution in [0.25, 0.3) is 0 Å². The van der Waals surface area contributed by atoms with Gasteiger partial charge in [-0.05, 0) is 32.9 Å². The predicted octanol–water partition coefficient (Wildman–Crippen LogP) is 1.81. The Kier molecular flexibility index (Phi) is 4.41. The molecule has 1 unspecified atom stereocenters. The summed E-state index contributed by atoms with van der Waals surface area (Å²) in [4.78, 5) is 0. The Balaban J connectivity index is 3.26. The Morgan fingerprint density at radius 3 is 2.56 bits per heavy atom. The van der Waals surface area contributed by atoms with Gasteiger partial charge in [-0.3, -0.25) is 0 Å². The molecule has 0 aromatic carbocycles. The van der Waals surface area contributed by atoms with Gasteiger partial charge in [-0.15, -0.1) is 6.58 Å². The number of allylic oxidation sites excluding steroid dienone is 1. The van der Waals surface area contributed by atoms with Crippen molar-refractivity contribution in [3.63, 3.8) is 0 Å². The molecule has 1 atom stereocenters. The van der Waals surface area contributed by atoms with Gasteiger partial charge in [0.2, 0.25) is 0 Å². The summed E-state index contributed by atoms with van der Waals surface area (Å²) in [6.07, 6.45) is 1.14. The molecule has 0 radical (unpaired) electrons. The summed E-state index contributed by atoms with van der Waals surface area (Å²) in [6, 6.07) is 0. The van der Waals surface area contributed by atoms with Gasteiger partial charge in [0, 0.05) is 0 Å². The third-order valence-corrected chi connectivity index (χ3v) is 1.25. The minimum Gasteiger partial charge on any atom is -0.319 e. The van der Waals surface area contributed by atoms with Crippen LogP contribution in [-0.4, -0.2) is 13.6 Å². The monoisotopic (exact) mass is 127 g/mol. The predicted molar refractivity (Wildman–Crippen MR) is 42.5 cm³/mol. The highest BCUT2D eigenvalue weighted by Crippen LogP contribution is 2.06. The van der Waals surface area contributed by atoms with Crippen LogP contribution in [0.3, 0.4) is 0 Å². The Hall–Kier alpha value is -0.300. The summed E-state index contributed by atoms with van der Waals surface area (Å²) in [5, 5.41) is 3.13. The van der Waals surface area contributed by atoms with Gasteiger partial charge in [0.1, 0.15) is 0 Å². The van der Waals surface area contributed by atoms with Gasteiger partial charge in [0.05, 0.1) is 0 Å². The molecule has 0 aliphatic rings. The summed E-state index contributed by atoms with van der Waals surface area (Å²) in [7, 11) is 1.98. The second-order valence-electron chi connectivity index (χ2n) is 2.82. The zero-order valence-electron chi connectivity index (χ0n) is 6.70. The first-order valence-corrected chi connectivity index (χ1v) is 3.45. The maximum atomic E-state index is 3.85. The summed E-state index contributed by atoms with van der Waals surface area (Å²) >= 11 is 0. The van der Waals surface area contributed by atoms with E-state index in [2.05, 4.69) is 25.7 Å². The van der Waals surface area contributed by atoms with E-state index in [-0.39, 0.29) is 0 Å². The van der Waals surface area contributed by atoms with Crippen LogP contribution in [0.1, 0.15) is 20.3 Å². The van der Waals surface area contributed by atoms with Crippen LogP contribution < -0.4 is 5.32 Å². The minimum atomic E-state index is 0.729. The van der Waals surface area contributed by atoms with Gasteiger partial charge in [-0.25, -0.2) is 0 Å². The Morgan fingerprint density at radius 2 is 2.22 bits per heavy atom. The summed E-state index contributed by atoms with van der Waals surface area (Å²) < 4.78 is 0. The first kappa shape index (κ1) is 8.70. The fraction of sp³-hybridized carbons (Fsp3) is 0.750. The molecule has 54 valence electrons. The molecule has 0 bridgehead atoms. The van der Waals surface area contributed by atoms with Crippen LogP contribution in [0, 0.1) is 5.92 Å². The first-order chi connectivity index (χ1) is 4.16. The molecule has 0 amide bonds. The molecule has 1 N–H and O–H groups in total. The molecule has 0 spiro atoms. The highest BCUT2D eigenvalue weighted by molar-refractivity contribution is 4.89. The van der Waals surface area contributed by atoms with E-state index in [4.69, 9.17) is 0 Å². The van der Waals surface area contributed by atoms with Crippen molar-refractivity contribution < 1.29 is 0 Å². The number of hydrogen-bond donors (Lipinski definition) is 1. The molecule has 9 heavy (non-hydrogen) atoms. The third kappa shape index (κ3) is 5.57. The van der Waals surface area contributed by atoms with E-state index >= 15 is 0 Å². The van der Waals surface area contributed by atoms with Gasteiger partial charge in [-0.1, -0.05) is 12.5 Å². The fourth-order valence-corrected chi connectivity index (χ4v) is 1.02. The second kappa shape index (κ2) is 4.57. The second-order valence-corrected chi connectivity index (χ2v) is 2.82. The summed E-state index contributed by atoms with van der Waals surface area (Å²) in [6.45, 7) is 9.24. The smallest absolute Gasteiger partial charge is 0.00231 e. The molecule has 0 heterocycles. The van der Waals surface area contributed by atoms with Gasteiger partial charge in [0.25, 0.3) is 0 Å². The van der Waals surface area contributed by atoms with Crippen molar-refractivity contribution in [2.75, 3.05) is 13.6 Å². The van der Waals surface area contributed by atoms with Crippen LogP contribution in [0.15, 0.2) is 12.2 Å². The molecule has 0 fully saturated rings. The van der Waals surface area contributed by atoms with Crippen LogP contribution >= 0.6 is 0 Å². The summed E-state index contributed by atoms with van der Waals surface area (Å²) in [5.74, 6) is 0.729. The largest absolute Gasteiger partial charge is 0.319 e. The van der Waals surface area contributed by atoms with Crippen molar-refractivity contribution in [1.29, 1.82) is 0 Å². The fourth-order valence-electron chi connectivity index (χ4n) is 1.02. The van der Waals surface area contributed by atoms with E-state index in [1.165, 1.54) is 5.57 Å². The zero-order valence-corrected chi connectivity index (χ0v) is 6.70. The molecule has 0 rings (SSSR count). The lowest BCUT2D eigenvalue weighted by Crippen LogP contribution is -2.16. The quantitative estimate of drug-likeness (QED) is 0.568. The number of rotatable bonds is 4. The first-order valence-electron chi connectivity index (χ1n) is 3.45. The van der Waals surface area contributed by atoms with Gasteiger partial charge >= 0.3 is 0 Å². The number of nitrogens with one attached hydrogen (secondary N) is 1. The zero-order chi connectivity index (χ0) is 7.28. The van der Waals surface area contributed by atoms with Crippen molar-refractivity contribution in [3.05, 3.63) is 12.2 Å². The average molecular weight is 127 g/mol. The lowest BCUT2D eigenvalue weighted by atomic mass is 10.0. The Morgan fingerprint density at radius 1 is 1.67 bits per heavy atom. The third-order valence-electron chi connectivity index (χ3n) is 1.25. The summed E-state index contributed by atoms with van der Waals surface area (Å²) in [5.41, 5.74) is 1.28. The van der Waals surface area contributed by atoms with Gasteiger partial charge in [-0.2, -0.15) is 0 Å². The van der Waals surface area contributed by atoms with Crippen molar-refractivity contribution in [2.24, 2.45) is 5.92 Å². The topological polar surface area (TPSA) is 12.0 Å². The SMILES string of the molecule is C=C(C)CC(C)CNC. The normalized spacial score (nSPS) is 13.2. The lowest BCUT2D eigenvalue weighted by Gasteiger charge is -2.08. The van der Waals surface area contributed by atoms with Crippen molar-refractivity contribution in [2.45, 2.75) is 20.3 Å². The molecule has 0 aromatic rings. The van der Waals surface area contributed by atoms with E-state index in [0.717, 1.165) is 18.9 Å². The highest BCUT2D eigenvalue weighted by atomic mass is 14.8. The average Bonchev–Trinajstić information content (AvgIpc) is 1.63. The van der Waals surface area contributed by atoms with Crippen molar-refractivity contribution in [1.82, 2.24) is 5.32 Å². The van der Waals surface area contributed by atoms with Crippen LogP contribution in [0.5, 0.6) is 0 Å². The Bertz CT molecular complexity index is 86.6. The maximum absolute atomic E-state index is 3.85. The van der Waals surface area contributed by atoms with Crippen molar-refractivity contribution in [3.8, 4) is 0 Å². The van der Waals surface area contributed by atoms with E-state index in [1.54, 1.807) is 0 Å². The van der Waals surface area contributed by atoms with Crippen molar-refractivity contribution >= 4 is 0 Å². The van der Waals surface area contributed by atoms with Crippen LogP contribution in [0.2, 0.25) is 0 Å². The maximum Gasteiger partial charge on any atom is -0.00231 e. The molecule has 0 saturated carbocycles.